The van der Waals surface area contributed by atoms with E-state index in [1.165, 1.54) is 0 Å². The van der Waals surface area contributed by atoms with Crippen LogP contribution in [-0.2, 0) is 0 Å². The summed E-state index contributed by atoms with van der Waals surface area (Å²) >= 11 is 0. The average molecular weight is 207 g/mol. The van der Waals surface area contributed by atoms with Crippen molar-refractivity contribution in [2.24, 2.45) is 5.73 Å². The van der Waals surface area contributed by atoms with Crippen LogP contribution in [0.3, 0.4) is 0 Å². The molecule has 1 aromatic rings. The molecule has 4 heteroatoms. The normalized spacial score (nSPS) is 19.2. The monoisotopic (exact) mass is 207 g/mol. The lowest BCUT2D eigenvalue weighted by Crippen LogP contribution is -2.21. The molecule has 1 aromatic carbocycles. The van der Waals surface area contributed by atoms with Gasteiger partial charge >= 0.3 is 5.97 Å². The second-order valence-electron chi connectivity index (χ2n) is 3.75. The Hall–Kier alpha value is -1.55. The molecule has 1 aliphatic rings. The third-order valence-electron chi connectivity index (χ3n) is 2.67. The molecule has 0 saturated heterocycles. The number of hydrogen-bond acceptors (Lipinski definition) is 3. The van der Waals surface area contributed by atoms with Crippen molar-refractivity contribution in [1.82, 2.24) is 0 Å². The molecule has 0 saturated carbocycles. The fraction of sp³-hybridized carbons (Fsp3) is 0.364. The van der Waals surface area contributed by atoms with Crippen molar-refractivity contribution in [2.45, 2.75) is 19.4 Å². The van der Waals surface area contributed by atoms with Crippen molar-refractivity contribution in [2.75, 3.05) is 6.61 Å². The molecule has 1 atom stereocenters. The zero-order chi connectivity index (χ0) is 11.0. The lowest BCUT2D eigenvalue weighted by Gasteiger charge is -2.23. The molecule has 0 aliphatic carbocycles. The van der Waals surface area contributed by atoms with Crippen LogP contribution in [-0.4, -0.2) is 17.7 Å². The molecule has 1 unspecified atom stereocenters. The van der Waals surface area contributed by atoms with E-state index in [-0.39, 0.29) is 6.04 Å². The second kappa shape index (κ2) is 3.55. The van der Waals surface area contributed by atoms with Gasteiger partial charge in [-0.25, -0.2) is 4.79 Å². The maximum Gasteiger partial charge on any atom is 0.335 e. The SMILES string of the molecule is Cc1cc2c(cc1C(=O)O)C(N)CCO2. The molecule has 0 spiro atoms. The van der Waals surface area contributed by atoms with Gasteiger partial charge in [0.05, 0.1) is 12.2 Å². The predicted octanol–water partition coefficient (Wildman–Crippen LogP) is 1.48. The molecular weight excluding hydrogens is 194 g/mol. The number of rotatable bonds is 1. The van der Waals surface area contributed by atoms with Crippen LogP contribution in [0.15, 0.2) is 12.1 Å². The van der Waals surface area contributed by atoms with E-state index in [1.807, 2.05) is 0 Å². The number of aromatic carboxylic acids is 1. The van der Waals surface area contributed by atoms with E-state index < -0.39 is 5.97 Å². The zero-order valence-electron chi connectivity index (χ0n) is 8.49. The molecular formula is C11H13NO3. The van der Waals surface area contributed by atoms with Gasteiger partial charge in [-0.05, 0) is 24.6 Å². The van der Waals surface area contributed by atoms with Crippen molar-refractivity contribution in [3.05, 3.63) is 28.8 Å². The van der Waals surface area contributed by atoms with E-state index >= 15 is 0 Å². The second-order valence-corrected chi connectivity index (χ2v) is 3.75. The van der Waals surface area contributed by atoms with Crippen LogP contribution in [0, 0.1) is 6.92 Å². The van der Waals surface area contributed by atoms with Gasteiger partial charge in [0, 0.05) is 18.0 Å². The van der Waals surface area contributed by atoms with Gasteiger partial charge in [0.15, 0.2) is 0 Å². The molecule has 80 valence electrons. The van der Waals surface area contributed by atoms with Gasteiger partial charge in [-0.15, -0.1) is 0 Å². The van der Waals surface area contributed by atoms with E-state index in [4.69, 9.17) is 15.6 Å². The smallest absolute Gasteiger partial charge is 0.335 e. The topological polar surface area (TPSA) is 72.5 Å². The molecule has 1 aliphatic heterocycles. The summed E-state index contributed by atoms with van der Waals surface area (Å²) in [5.41, 5.74) is 7.69. The van der Waals surface area contributed by atoms with Crippen molar-refractivity contribution >= 4 is 5.97 Å². The number of carboxylic acid groups (broad SMARTS) is 1. The Morgan fingerprint density at radius 1 is 1.60 bits per heavy atom. The lowest BCUT2D eigenvalue weighted by molar-refractivity contribution is 0.0696. The average Bonchev–Trinajstić information content (AvgIpc) is 2.16. The minimum absolute atomic E-state index is 0.118. The third-order valence-corrected chi connectivity index (χ3v) is 2.67. The number of hydrogen-bond donors (Lipinski definition) is 2. The quantitative estimate of drug-likeness (QED) is 0.731. The maximum absolute atomic E-state index is 10.9. The molecule has 1 heterocycles. The van der Waals surface area contributed by atoms with Crippen LogP contribution in [0.2, 0.25) is 0 Å². The molecule has 0 amide bonds. The minimum atomic E-state index is -0.923. The Balaban J connectivity index is 2.55. The van der Waals surface area contributed by atoms with E-state index in [0.717, 1.165) is 17.7 Å². The summed E-state index contributed by atoms with van der Waals surface area (Å²) in [5.74, 6) is -0.204. The molecule has 0 bridgehead atoms. The van der Waals surface area contributed by atoms with Gasteiger partial charge in [-0.1, -0.05) is 0 Å². The first kappa shape index (κ1) is 9.98. The van der Waals surface area contributed by atoms with Gasteiger partial charge in [0.2, 0.25) is 0 Å². The standard InChI is InChI=1S/C11H13NO3/c1-6-4-10-8(5-7(6)11(13)14)9(12)2-3-15-10/h4-5,9H,2-3,12H2,1H3,(H,13,14). The number of benzene rings is 1. The van der Waals surface area contributed by atoms with E-state index in [2.05, 4.69) is 0 Å². The highest BCUT2D eigenvalue weighted by atomic mass is 16.5. The first-order valence-electron chi connectivity index (χ1n) is 4.86. The van der Waals surface area contributed by atoms with Crippen LogP contribution >= 0.6 is 0 Å². The van der Waals surface area contributed by atoms with Crippen LogP contribution < -0.4 is 10.5 Å². The van der Waals surface area contributed by atoms with Crippen molar-refractivity contribution in [1.29, 1.82) is 0 Å². The first-order valence-corrected chi connectivity index (χ1v) is 4.86. The van der Waals surface area contributed by atoms with Crippen LogP contribution in [0.1, 0.15) is 33.9 Å². The molecule has 0 radical (unpaired) electrons. The summed E-state index contributed by atoms with van der Waals surface area (Å²) in [7, 11) is 0. The van der Waals surface area contributed by atoms with Crippen molar-refractivity contribution < 1.29 is 14.6 Å². The third kappa shape index (κ3) is 1.68. The fourth-order valence-corrected chi connectivity index (χ4v) is 1.79. The van der Waals surface area contributed by atoms with Gasteiger partial charge in [-0.2, -0.15) is 0 Å². The summed E-state index contributed by atoms with van der Waals surface area (Å²) in [6.45, 7) is 2.35. The summed E-state index contributed by atoms with van der Waals surface area (Å²) in [4.78, 5) is 10.9. The summed E-state index contributed by atoms with van der Waals surface area (Å²) in [6.07, 6.45) is 0.731. The number of ether oxygens (including phenoxy) is 1. The number of carboxylic acids is 1. The fourth-order valence-electron chi connectivity index (χ4n) is 1.79. The van der Waals surface area contributed by atoms with Crippen molar-refractivity contribution in [3.8, 4) is 5.75 Å². The van der Waals surface area contributed by atoms with Gasteiger partial charge < -0.3 is 15.6 Å². The maximum atomic E-state index is 10.9. The van der Waals surface area contributed by atoms with Gasteiger partial charge in [-0.3, -0.25) is 0 Å². The highest BCUT2D eigenvalue weighted by Gasteiger charge is 2.21. The van der Waals surface area contributed by atoms with Crippen LogP contribution in [0.4, 0.5) is 0 Å². The first-order chi connectivity index (χ1) is 7.09. The largest absolute Gasteiger partial charge is 0.493 e. The van der Waals surface area contributed by atoms with Crippen molar-refractivity contribution in [3.63, 3.8) is 0 Å². The molecule has 3 N–H and O–H groups in total. The van der Waals surface area contributed by atoms with Crippen LogP contribution in [0.25, 0.3) is 0 Å². The molecule has 0 aromatic heterocycles. The Labute approximate surface area is 87.7 Å². The highest BCUT2D eigenvalue weighted by Crippen LogP contribution is 2.32. The predicted molar refractivity (Wildman–Crippen MR) is 55.2 cm³/mol. The summed E-state index contributed by atoms with van der Waals surface area (Å²) in [5, 5.41) is 8.97. The summed E-state index contributed by atoms with van der Waals surface area (Å²) in [6, 6.07) is 3.25. The van der Waals surface area contributed by atoms with Crippen LogP contribution in [0.5, 0.6) is 5.75 Å². The lowest BCUT2D eigenvalue weighted by atomic mass is 9.96. The van der Waals surface area contributed by atoms with E-state index in [9.17, 15) is 4.79 Å². The highest BCUT2D eigenvalue weighted by molar-refractivity contribution is 5.90. The van der Waals surface area contributed by atoms with E-state index in [0.29, 0.717) is 17.7 Å². The van der Waals surface area contributed by atoms with E-state index in [1.54, 1.807) is 19.1 Å². The molecule has 15 heavy (non-hydrogen) atoms. The molecule has 4 nitrogen and oxygen atoms in total. The Kier molecular flexibility index (Phi) is 2.36. The number of nitrogens with two attached hydrogens (primary N) is 1. The zero-order valence-corrected chi connectivity index (χ0v) is 8.49. The van der Waals surface area contributed by atoms with Gasteiger partial charge in [0.1, 0.15) is 5.75 Å². The number of carbonyl (C=O) groups is 1. The molecule has 0 fully saturated rings. The Bertz CT molecular complexity index is 415. The Morgan fingerprint density at radius 3 is 3.00 bits per heavy atom. The minimum Gasteiger partial charge on any atom is -0.493 e. The number of aryl methyl sites for hydroxylation is 1. The molecule has 2 rings (SSSR count). The summed E-state index contributed by atoms with van der Waals surface area (Å²) < 4.78 is 5.44. The Morgan fingerprint density at radius 2 is 2.33 bits per heavy atom. The van der Waals surface area contributed by atoms with Gasteiger partial charge in [0.25, 0.3) is 0 Å². The number of fused-ring (bicyclic) bond motifs is 1.